The summed E-state index contributed by atoms with van der Waals surface area (Å²) in [6.07, 6.45) is 1.75. The lowest BCUT2D eigenvalue weighted by atomic mass is 9.56. The van der Waals surface area contributed by atoms with Gasteiger partial charge in [-0.05, 0) is 24.3 Å². The van der Waals surface area contributed by atoms with E-state index in [0.29, 0.717) is 31.6 Å². The lowest BCUT2D eigenvalue weighted by Crippen LogP contribution is -2.60. The van der Waals surface area contributed by atoms with Crippen LogP contribution in [-0.4, -0.2) is 49.0 Å². The summed E-state index contributed by atoms with van der Waals surface area (Å²) in [5.41, 5.74) is 0.468. The van der Waals surface area contributed by atoms with Crippen molar-refractivity contribution in [2.24, 2.45) is 11.8 Å². The molecule has 5 nitrogen and oxygen atoms in total. The van der Waals surface area contributed by atoms with Gasteiger partial charge < -0.3 is 14.7 Å². The van der Waals surface area contributed by atoms with E-state index in [4.69, 9.17) is 4.74 Å². The number of amides is 1. The van der Waals surface area contributed by atoms with Crippen molar-refractivity contribution >= 4 is 12.2 Å². The highest BCUT2D eigenvalue weighted by Gasteiger charge is 2.56. The van der Waals surface area contributed by atoms with Gasteiger partial charge in [-0.1, -0.05) is 37.3 Å². The van der Waals surface area contributed by atoms with Gasteiger partial charge in [0.05, 0.1) is 12.0 Å². The number of aliphatic hydroxyl groups is 1. The molecular formula is C20H25NO4. The third-order valence-corrected chi connectivity index (χ3v) is 5.84. The summed E-state index contributed by atoms with van der Waals surface area (Å²) >= 11 is 0. The van der Waals surface area contributed by atoms with E-state index in [1.54, 1.807) is 7.11 Å². The van der Waals surface area contributed by atoms with Crippen LogP contribution in [0.15, 0.2) is 41.7 Å². The van der Waals surface area contributed by atoms with E-state index in [1.807, 2.05) is 42.2 Å². The van der Waals surface area contributed by atoms with Crippen LogP contribution in [-0.2, 0) is 19.7 Å². The number of carbonyl (C=O) groups is 2. The van der Waals surface area contributed by atoms with E-state index >= 15 is 0 Å². The maximum Gasteiger partial charge on any atom is 0.233 e. The van der Waals surface area contributed by atoms with Crippen molar-refractivity contribution in [1.82, 2.24) is 4.90 Å². The largest absolute Gasteiger partial charge is 0.512 e. The molecule has 1 aliphatic carbocycles. The van der Waals surface area contributed by atoms with Crippen LogP contribution < -0.4 is 0 Å². The van der Waals surface area contributed by atoms with E-state index in [1.165, 1.54) is 0 Å². The van der Waals surface area contributed by atoms with Crippen LogP contribution in [0.3, 0.4) is 0 Å². The van der Waals surface area contributed by atoms with Gasteiger partial charge in [0.15, 0.2) is 0 Å². The van der Waals surface area contributed by atoms with Crippen LogP contribution in [0.25, 0.3) is 0 Å². The Morgan fingerprint density at radius 2 is 2.08 bits per heavy atom. The Balaban J connectivity index is 2.12. The third-order valence-electron chi connectivity index (χ3n) is 5.84. The Morgan fingerprint density at radius 3 is 2.72 bits per heavy atom. The van der Waals surface area contributed by atoms with Gasteiger partial charge in [-0.25, -0.2) is 0 Å². The molecule has 3 rings (SSSR count). The average Bonchev–Trinajstić information content (AvgIpc) is 2.65. The number of nitrogens with zero attached hydrogens (tertiary/aromatic N) is 1. The minimum atomic E-state index is -0.796. The number of benzene rings is 1. The first-order valence-electron chi connectivity index (χ1n) is 8.77. The number of ether oxygens (including phenoxy) is 1. The molecule has 1 aromatic carbocycles. The number of rotatable bonds is 5. The first kappa shape index (κ1) is 17.7. The number of methoxy groups -OCH3 is 1. The predicted molar refractivity (Wildman–Crippen MR) is 94.2 cm³/mol. The molecule has 1 heterocycles. The van der Waals surface area contributed by atoms with Gasteiger partial charge in [-0.15, -0.1) is 0 Å². The number of aliphatic hydroxyl groups excluding tert-OH is 1. The lowest BCUT2D eigenvalue weighted by Gasteiger charge is -2.52. The second-order valence-electron chi connectivity index (χ2n) is 7.01. The number of likely N-dealkylation sites (tertiary alicyclic amines) is 1. The second-order valence-corrected chi connectivity index (χ2v) is 7.01. The fourth-order valence-corrected chi connectivity index (χ4v) is 4.53. The summed E-state index contributed by atoms with van der Waals surface area (Å²) in [6.45, 7) is 3.59. The highest BCUT2D eigenvalue weighted by atomic mass is 16.5. The van der Waals surface area contributed by atoms with Crippen LogP contribution >= 0.6 is 0 Å². The molecule has 0 aromatic heterocycles. The lowest BCUT2D eigenvalue weighted by molar-refractivity contribution is -0.147. The maximum absolute atomic E-state index is 13.6. The Morgan fingerprint density at radius 1 is 1.36 bits per heavy atom. The van der Waals surface area contributed by atoms with Gasteiger partial charge in [0.25, 0.3) is 0 Å². The Hall–Kier alpha value is -2.14. The van der Waals surface area contributed by atoms with Crippen LogP contribution in [0.1, 0.15) is 25.3 Å². The molecule has 134 valence electrons. The van der Waals surface area contributed by atoms with Crippen molar-refractivity contribution in [2.75, 3.05) is 26.8 Å². The topological polar surface area (TPSA) is 66.8 Å². The summed E-state index contributed by atoms with van der Waals surface area (Å²) in [4.78, 5) is 27.0. The summed E-state index contributed by atoms with van der Waals surface area (Å²) in [5.74, 6) is -0.0667. The van der Waals surface area contributed by atoms with Crippen LogP contribution in [0.5, 0.6) is 0 Å². The van der Waals surface area contributed by atoms with E-state index in [0.717, 1.165) is 12.0 Å². The van der Waals surface area contributed by atoms with Crippen molar-refractivity contribution < 1.29 is 19.4 Å². The maximum atomic E-state index is 13.6. The molecule has 5 heteroatoms. The molecule has 1 unspecified atom stereocenters. The zero-order chi connectivity index (χ0) is 18.0. The summed E-state index contributed by atoms with van der Waals surface area (Å²) in [5, 5.41) is 10.4. The number of aldehydes is 1. The van der Waals surface area contributed by atoms with Gasteiger partial charge in [-0.3, -0.25) is 9.59 Å². The first-order chi connectivity index (χ1) is 12.1. The normalized spacial score (nSPS) is 29.5. The monoisotopic (exact) mass is 343 g/mol. The molecule has 0 saturated carbocycles. The van der Waals surface area contributed by atoms with Gasteiger partial charge in [0.2, 0.25) is 5.91 Å². The Labute approximate surface area is 148 Å². The number of allylic oxidation sites excluding steroid dienone is 2. The number of fused-ring (bicyclic) bond motifs is 1. The predicted octanol–water partition coefficient (Wildman–Crippen LogP) is 2.47. The molecular weight excluding hydrogens is 318 g/mol. The molecule has 3 atom stereocenters. The van der Waals surface area contributed by atoms with Crippen LogP contribution in [0.4, 0.5) is 0 Å². The minimum Gasteiger partial charge on any atom is -0.512 e. The molecule has 1 aromatic rings. The van der Waals surface area contributed by atoms with Gasteiger partial charge in [0.1, 0.15) is 12.0 Å². The first-order valence-corrected chi connectivity index (χ1v) is 8.77. The number of hydrogen-bond donors (Lipinski definition) is 1. The average molecular weight is 343 g/mol. The molecule has 0 bridgehead atoms. The Bertz CT molecular complexity index is 684. The number of piperidine rings is 1. The van der Waals surface area contributed by atoms with Crippen molar-refractivity contribution in [3.8, 4) is 0 Å². The quantitative estimate of drug-likeness (QED) is 0.834. The Kier molecular flexibility index (Phi) is 4.95. The van der Waals surface area contributed by atoms with Crippen molar-refractivity contribution in [2.45, 2.75) is 25.2 Å². The van der Waals surface area contributed by atoms with E-state index in [-0.39, 0.29) is 29.9 Å². The van der Waals surface area contributed by atoms with Gasteiger partial charge >= 0.3 is 0 Å². The standard InChI is InChI=1S/C20H25NO4/c1-14-17-8-9-21(10-11-25-2)19(24)20(17,12-15(13-22)18(14)23)16-6-4-3-5-7-16/h3-7,13-14,17,23H,8-12H2,1-2H3/t14-,17-,20?/m0/s1. The molecule has 1 aliphatic heterocycles. The van der Waals surface area contributed by atoms with Crippen molar-refractivity contribution in [3.63, 3.8) is 0 Å². The van der Waals surface area contributed by atoms with Gasteiger partial charge in [0, 0.05) is 31.7 Å². The third kappa shape index (κ3) is 2.76. The SMILES string of the molecule is COCCN1CC[C@H]2[C@H](C)C(O)=C(C=O)CC2(c2ccccc2)C1=O. The molecule has 1 N–H and O–H groups in total. The second kappa shape index (κ2) is 7.00. The minimum absolute atomic E-state index is 0.0232. The fraction of sp³-hybridized carbons (Fsp3) is 0.500. The zero-order valence-electron chi connectivity index (χ0n) is 14.8. The molecule has 1 amide bonds. The van der Waals surface area contributed by atoms with Crippen molar-refractivity contribution in [1.29, 1.82) is 0 Å². The zero-order valence-corrected chi connectivity index (χ0v) is 14.8. The van der Waals surface area contributed by atoms with E-state index < -0.39 is 5.41 Å². The van der Waals surface area contributed by atoms with E-state index in [2.05, 4.69) is 0 Å². The highest BCUT2D eigenvalue weighted by molar-refractivity contribution is 5.92. The molecule has 0 spiro atoms. The smallest absolute Gasteiger partial charge is 0.233 e. The number of carbonyl (C=O) groups excluding carboxylic acids is 2. The van der Waals surface area contributed by atoms with Gasteiger partial charge in [-0.2, -0.15) is 0 Å². The summed E-state index contributed by atoms with van der Waals surface area (Å²) in [6, 6.07) is 9.69. The summed E-state index contributed by atoms with van der Waals surface area (Å²) in [7, 11) is 1.62. The molecule has 1 fully saturated rings. The summed E-state index contributed by atoms with van der Waals surface area (Å²) < 4.78 is 5.15. The molecule has 2 aliphatic rings. The van der Waals surface area contributed by atoms with E-state index in [9.17, 15) is 14.7 Å². The molecule has 1 saturated heterocycles. The van der Waals surface area contributed by atoms with Crippen molar-refractivity contribution in [3.05, 3.63) is 47.2 Å². The van der Waals surface area contributed by atoms with Crippen LogP contribution in [0.2, 0.25) is 0 Å². The fourth-order valence-electron chi connectivity index (χ4n) is 4.53. The highest BCUT2D eigenvalue weighted by Crippen LogP contribution is 2.52. The number of hydrogen-bond acceptors (Lipinski definition) is 4. The van der Waals surface area contributed by atoms with Crippen LogP contribution in [0, 0.1) is 11.8 Å². The molecule has 0 radical (unpaired) electrons. The molecule has 25 heavy (non-hydrogen) atoms.